The van der Waals surface area contributed by atoms with Gasteiger partial charge in [0.15, 0.2) is 0 Å². The lowest BCUT2D eigenvalue weighted by Gasteiger charge is -2.03. The standard InChI is InChI=1S/C13H14FNOS/c1-8-4-10(14)6-15-13(8)12-5-11(7-16-3)17-9(12)2/h4-6H,7H2,1-3H3. The van der Waals surface area contributed by atoms with Gasteiger partial charge in [-0.3, -0.25) is 4.98 Å². The van der Waals surface area contributed by atoms with Crippen molar-refractivity contribution < 1.29 is 9.13 Å². The summed E-state index contributed by atoms with van der Waals surface area (Å²) in [7, 11) is 1.68. The SMILES string of the molecule is COCc1cc(-c2ncc(F)cc2C)c(C)s1. The molecule has 0 atom stereocenters. The summed E-state index contributed by atoms with van der Waals surface area (Å²) < 4.78 is 18.1. The van der Waals surface area contributed by atoms with Gasteiger partial charge < -0.3 is 4.74 Å². The molecule has 0 unspecified atom stereocenters. The topological polar surface area (TPSA) is 22.1 Å². The van der Waals surface area contributed by atoms with E-state index in [2.05, 4.69) is 11.1 Å². The fraction of sp³-hybridized carbons (Fsp3) is 0.308. The second-order valence-corrected chi connectivity index (χ2v) is 5.28. The van der Waals surface area contributed by atoms with E-state index >= 15 is 0 Å². The minimum atomic E-state index is -0.295. The molecule has 4 heteroatoms. The van der Waals surface area contributed by atoms with Crippen LogP contribution in [0.15, 0.2) is 18.3 Å². The Hall–Kier alpha value is -1.26. The number of rotatable bonds is 3. The first-order chi connectivity index (χ1) is 8.11. The van der Waals surface area contributed by atoms with Crippen molar-refractivity contribution in [2.75, 3.05) is 7.11 Å². The summed E-state index contributed by atoms with van der Waals surface area (Å²) in [5, 5.41) is 0. The van der Waals surface area contributed by atoms with Gasteiger partial charge in [0.1, 0.15) is 5.82 Å². The Labute approximate surface area is 104 Å². The fourth-order valence-electron chi connectivity index (χ4n) is 1.81. The van der Waals surface area contributed by atoms with Crippen molar-refractivity contribution >= 4 is 11.3 Å². The molecule has 0 aliphatic heterocycles. The second-order valence-electron chi connectivity index (χ2n) is 3.93. The molecule has 90 valence electrons. The van der Waals surface area contributed by atoms with Gasteiger partial charge in [0.05, 0.1) is 18.5 Å². The van der Waals surface area contributed by atoms with E-state index in [-0.39, 0.29) is 5.82 Å². The lowest BCUT2D eigenvalue weighted by atomic mass is 10.1. The highest BCUT2D eigenvalue weighted by Gasteiger charge is 2.11. The maximum Gasteiger partial charge on any atom is 0.141 e. The first-order valence-electron chi connectivity index (χ1n) is 5.32. The van der Waals surface area contributed by atoms with Crippen LogP contribution in [0.25, 0.3) is 11.3 Å². The molecule has 0 spiro atoms. The Morgan fingerprint density at radius 1 is 1.35 bits per heavy atom. The molecule has 0 saturated carbocycles. The average molecular weight is 251 g/mol. The third kappa shape index (κ3) is 2.53. The summed E-state index contributed by atoms with van der Waals surface area (Å²) in [5.41, 5.74) is 2.77. The maximum atomic E-state index is 13.0. The van der Waals surface area contributed by atoms with Crippen LogP contribution in [0.5, 0.6) is 0 Å². The Morgan fingerprint density at radius 3 is 2.76 bits per heavy atom. The minimum absolute atomic E-state index is 0.295. The zero-order chi connectivity index (χ0) is 12.4. The van der Waals surface area contributed by atoms with Crippen molar-refractivity contribution in [3.8, 4) is 11.3 Å². The van der Waals surface area contributed by atoms with Gasteiger partial charge in [0, 0.05) is 22.4 Å². The number of halogens is 1. The smallest absolute Gasteiger partial charge is 0.141 e. The summed E-state index contributed by atoms with van der Waals surface area (Å²) >= 11 is 1.69. The van der Waals surface area contributed by atoms with E-state index in [0.717, 1.165) is 21.7 Å². The van der Waals surface area contributed by atoms with E-state index in [1.54, 1.807) is 18.4 Å². The summed E-state index contributed by atoms with van der Waals surface area (Å²) in [5.74, 6) is -0.295. The number of ether oxygens (including phenoxy) is 1. The molecule has 2 heterocycles. The molecule has 0 aliphatic rings. The number of aromatic nitrogens is 1. The Balaban J connectivity index is 2.45. The van der Waals surface area contributed by atoms with Crippen LogP contribution in [-0.2, 0) is 11.3 Å². The molecular formula is C13H14FNOS. The van der Waals surface area contributed by atoms with Gasteiger partial charge in [-0.15, -0.1) is 11.3 Å². The quantitative estimate of drug-likeness (QED) is 0.829. The van der Waals surface area contributed by atoms with Gasteiger partial charge in [0.25, 0.3) is 0 Å². The van der Waals surface area contributed by atoms with Crippen molar-refractivity contribution in [1.82, 2.24) is 4.98 Å². The van der Waals surface area contributed by atoms with Crippen molar-refractivity contribution in [3.05, 3.63) is 39.5 Å². The van der Waals surface area contributed by atoms with E-state index in [1.165, 1.54) is 17.1 Å². The van der Waals surface area contributed by atoms with Crippen LogP contribution >= 0.6 is 11.3 Å². The van der Waals surface area contributed by atoms with Crippen LogP contribution in [0.1, 0.15) is 15.3 Å². The molecule has 17 heavy (non-hydrogen) atoms. The van der Waals surface area contributed by atoms with Gasteiger partial charge in [-0.1, -0.05) is 0 Å². The monoisotopic (exact) mass is 251 g/mol. The van der Waals surface area contributed by atoms with E-state index in [1.807, 2.05) is 13.8 Å². The van der Waals surface area contributed by atoms with Crippen LogP contribution in [0, 0.1) is 19.7 Å². The van der Waals surface area contributed by atoms with Crippen LogP contribution in [0.3, 0.4) is 0 Å². The minimum Gasteiger partial charge on any atom is -0.379 e. The third-order valence-electron chi connectivity index (χ3n) is 2.56. The van der Waals surface area contributed by atoms with E-state index < -0.39 is 0 Å². The summed E-state index contributed by atoms with van der Waals surface area (Å²) in [6.07, 6.45) is 1.26. The second kappa shape index (κ2) is 4.94. The maximum absolute atomic E-state index is 13.0. The van der Waals surface area contributed by atoms with Gasteiger partial charge in [-0.25, -0.2) is 4.39 Å². The number of nitrogens with zero attached hydrogens (tertiary/aromatic N) is 1. The van der Waals surface area contributed by atoms with E-state index in [0.29, 0.717) is 6.61 Å². The van der Waals surface area contributed by atoms with Crippen LogP contribution < -0.4 is 0 Å². The predicted molar refractivity (Wildman–Crippen MR) is 67.7 cm³/mol. The molecule has 0 aliphatic carbocycles. The molecule has 2 aromatic rings. The normalized spacial score (nSPS) is 10.8. The number of thiophene rings is 1. The third-order valence-corrected chi connectivity index (χ3v) is 3.58. The highest BCUT2D eigenvalue weighted by atomic mass is 32.1. The fourth-order valence-corrected chi connectivity index (χ4v) is 2.83. The number of hydrogen-bond donors (Lipinski definition) is 0. The predicted octanol–water partition coefficient (Wildman–Crippen LogP) is 3.71. The first-order valence-corrected chi connectivity index (χ1v) is 6.14. The van der Waals surface area contributed by atoms with Crippen LogP contribution in [0.2, 0.25) is 0 Å². The highest BCUT2D eigenvalue weighted by Crippen LogP contribution is 2.31. The first kappa shape index (κ1) is 12.2. The molecule has 2 aromatic heterocycles. The Kier molecular flexibility index (Phi) is 3.54. The Bertz CT molecular complexity index is 536. The molecule has 0 radical (unpaired) electrons. The molecule has 0 aromatic carbocycles. The highest BCUT2D eigenvalue weighted by molar-refractivity contribution is 7.12. The van der Waals surface area contributed by atoms with Crippen molar-refractivity contribution in [2.45, 2.75) is 20.5 Å². The average Bonchev–Trinajstić information content (AvgIpc) is 2.60. The van der Waals surface area contributed by atoms with Crippen molar-refractivity contribution in [2.24, 2.45) is 0 Å². The molecule has 0 amide bonds. The van der Waals surface area contributed by atoms with Crippen LogP contribution in [0.4, 0.5) is 4.39 Å². The number of pyridine rings is 1. The zero-order valence-electron chi connectivity index (χ0n) is 10.1. The van der Waals surface area contributed by atoms with Gasteiger partial charge in [-0.2, -0.15) is 0 Å². The van der Waals surface area contributed by atoms with Gasteiger partial charge >= 0.3 is 0 Å². The van der Waals surface area contributed by atoms with Crippen molar-refractivity contribution in [1.29, 1.82) is 0 Å². The summed E-state index contributed by atoms with van der Waals surface area (Å²) in [6.45, 7) is 4.52. The van der Waals surface area contributed by atoms with Gasteiger partial charge in [-0.05, 0) is 31.5 Å². The van der Waals surface area contributed by atoms with E-state index in [9.17, 15) is 4.39 Å². The number of hydrogen-bond acceptors (Lipinski definition) is 3. The molecule has 0 N–H and O–H groups in total. The molecule has 2 rings (SSSR count). The number of methoxy groups -OCH3 is 1. The molecular weight excluding hydrogens is 237 g/mol. The molecule has 0 bridgehead atoms. The van der Waals surface area contributed by atoms with Gasteiger partial charge in [0.2, 0.25) is 0 Å². The van der Waals surface area contributed by atoms with Crippen molar-refractivity contribution in [3.63, 3.8) is 0 Å². The summed E-state index contributed by atoms with van der Waals surface area (Å²) in [6, 6.07) is 3.58. The van der Waals surface area contributed by atoms with E-state index in [4.69, 9.17) is 4.74 Å². The zero-order valence-corrected chi connectivity index (χ0v) is 10.9. The Morgan fingerprint density at radius 2 is 2.12 bits per heavy atom. The molecule has 0 fully saturated rings. The largest absolute Gasteiger partial charge is 0.379 e. The summed E-state index contributed by atoms with van der Waals surface area (Å²) in [4.78, 5) is 6.51. The molecule has 0 saturated heterocycles. The van der Waals surface area contributed by atoms with Crippen LogP contribution in [-0.4, -0.2) is 12.1 Å². The lowest BCUT2D eigenvalue weighted by molar-refractivity contribution is 0.187. The molecule has 2 nitrogen and oxygen atoms in total. The lowest BCUT2D eigenvalue weighted by Crippen LogP contribution is -1.90. The number of aryl methyl sites for hydroxylation is 2.